The van der Waals surface area contributed by atoms with Crippen LogP contribution in [0.15, 0.2) is 71.5 Å². The van der Waals surface area contributed by atoms with Gasteiger partial charge in [0.2, 0.25) is 0 Å². The Morgan fingerprint density at radius 3 is 2.03 bits per heavy atom. The largest absolute Gasteiger partial charge is 0.378 e. The van der Waals surface area contributed by atoms with E-state index >= 15 is 0 Å². The molecule has 1 fully saturated rings. The van der Waals surface area contributed by atoms with E-state index in [0.29, 0.717) is 0 Å². The van der Waals surface area contributed by atoms with Crippen LogP contribution in [0.5, 0.6) is 0 Å². The summed E-state index contributed by atoms with van der Waals surface area (Å²) in [5.74, 6) is 0. The van der Waals surface area contributed by atoms with Gasteiger partial charge in [-0.25, -0.2) is 4.98 Å². The maximum atomic E-state index is 5.51. The van der Waals surface area contributed by atoms with Crippen LogP contribution in [0.1, 0.15) is 0 Å². The van der Waals surface area contributed by atoms with Gasteiger partial charge in [0.05, 0.1) is 40.5 Å². The summed E-state index contributed by atoms with van der Waals surface area (Å²) < 4.78 is 6.62. The van der Waals surface area contributed by atoms with Crippen molar-refractivity contribution in [3.63, 3.8) is 0 Å². The fraction of sp³-hybridized carbons (Fsp3) is 0.174. The van der Waals surface area contributed by atoms with Crippen molar-refractivity contribution in [1.29, 1.82) is 0 Å². The zero-order valence-electron chi connectivity index (χ0n) is 16.2. The van der Waals surface area contributed by atoms with Crippen molar-refractivity contribution < 1.29 is 4.74 Å². The van der Waals surface area contributed by atoms with E-state index in [1.165, 1.54) is 9.88 Å². The second kappa shape index (κ2) is 8.63. The van der Waals surface area contributed by atoms with Crippen LogP contribution in [0.2, 0.25) is 0 Å². The molecule has 5 nitrogen and oxygen atoms in total. The summed E-state index contributed by atoms with van der Waals surface area (Å²) in [7, 11) is 0. The van der Waals surface area contributed by atoms with Gasteiger partial charge in [0.15, 0.2) is 0 Å². The van der Waals surface area contributed by atoms with Gasteiger partial charge in [-0.2, -0.15) is 0 Å². The average molecular weight is 479 g/mol. The minimum absolute atomic E-state index is 0.766. The van der Waals surface area contributed by atoms with Gasteiger partial charge in [0, 0.05) is 30.4 Å². The quantitative estimate of drug-likeness (QED) is 0.385. The van der Waals surface area contributed by atoms with Gasteiger partial charge in [-0.05, 0) is 64.0 Å². The fourth-order valence-electron chi connectivity index (χ4n) is 3.45. The molecule has 0 amide bonds. The molecule has 1 saturated heterocycles. The molecule has 30 heavy (non-hydrogen) atoms. The maximum absolute atomic E-state index is 5.51. The molecule has 5 rings (SSSR count). The molecule has 4 aromatic heterocycles. The van der Waals surface area contributed by atoms with Crippen molar-refractivity contribution >= 4 is 32.3 Å². The number of morpholine rings is 1. The van der Waals surface area contributed by atoms with E-state index in [-0.39, 0.29) is 0 Å². The van der Waals surface area contributed by atoms with E-state index < -0.39 is 0 Å². The lowest BCUT2D eigenvalue weighted by molar-refractivity contribution is 0.123. The average Bonchev–Trinajstić information content (AvgIpc) is 3.22. The number of halogens is 1. The number of thiophene rings is 1. The van der Waals surface area contributed by atoms with Crippen molar-refractivity contribution in [2.75, 3.05) is 31.2 Å². The third-order valence-corrected chi connectivity index (χ3v) is 7.04. The highest BCUT2D eigenvalue weighted by Gasteiger charge is 2.19. The van der Waals surface area contributed by atoms with Crippen LogP contribution in [0.4, 0.5) is 5.00 Å². The van der Waals surface area contributed by atoms with Gasteiger partial charge < -0.3 is 9.64 Å². The molecule has 0 aromatic carbocycles. The SMILES string of the molecule is Brc1cc(-c2cc(-c3ccccn3)nc(-c3ccccn3)c2)sc1N1CCOCC1. The molecular weight excluding hydrogens is 460 g/mol. The highest BCUT2D eigenvalue weighted by atomic mass is 79.9. The van der Waals surface area contributed by atoms with Gasteiger partial charge >= 0.3 is 0 Å². The molecule has 0 spiro atoms. The number of anilines is 1. The second-order valence-corrected chi connectivity index (χ2v) is 8.80. The first kappa shape index (κ1) is 19.4. The van der Waals surface area contributed by atoms with Crippen LogP contribution in [0, 0.1) is 0 Å². The van der Waals surface area contributed by atoms with Gasteiger partial charge in [-0.1, -0.05) is 12.1 Å². The smallest absolute Gasteiger partial charge is 0.106 e. The summed E-state index contributed by atoms with van der Waals surface area (Å²) >= 11 is 5.55. The third kappa shape index (κ3) is 4.01. The first-order valence-corrected chi connectivity index (χ1v) is 11.4. The van der Waals surface area contributed by atoms with Crippen LogP contribution in [-0.2, 0) is 4.74 Å². The monoisotopic (exact) mass is 478 g/mol. The predicted molar refractivity (Wildman–Crippen MR) is 125 cm³/mol. The molecule has 0 atom stereocenters. The van der Waals surface area contributed by atoms with E-state index in [0.717, 1.165) is 59.1 Å². The normalized spacial score (nSPS) is 14.1. The maximum Gasteiger partial charge on any atom is 0.106 e. The summed E-state index contributed by atoms with van der Waals surface area (Å²) in [5, 5.41) is 1.24. The van der Waals surface area contributed by atoms with Crippen LogP contribution >= 0.6 is 27.3 Å². The lowest BCUT2D eigenvalue weighted by atomic mass is 10.1. The van der Waals surface area contributed by atoms with E-state index in [4.69, 9.17) is 9.72 Å². The van der Waals surface area contributed by atoms with Crippen molar-refractivity contribution in [3.05, 3.63) is 71.5 Å². The second-order valence-electron chi connectivity index (χ2n) is 6.92. The summed E-state index contributed by atoms with van der Waals surface area (Å²) in [6, 6.07) is 18.2. The van der Waals surface area contributed by atoms with Gasteiger partial charge in [0.1, 0.15) is 5.00 Å². The summed E-state index contributed by atoms with van der Waals surface area (Å²) in [4.78, 5) is 17.4. The van der Waals surface area contributed by atoms with Crippen LogP contribution in [0.25, 0.3) is 33.2 Å². The van der Waals surface area contributed by atoms with Crippen LogP contribution in [-0.4, -0.2) is 41.3 Å². The number of nitrogens with zero attached hydrogens (tertiary/aromatic N) is 4. The molecule has 0 bridgehead atoms. The molecule has 150 valence electrons. The highest BCUT2D eigenvalue weighted by Crippen LogP contribution is 2.42. The number of pyridine rings is 3. The van der Waals surface area contributed by atoms with E-state index in [1.807, 2.05) is 36.4 Å². The Morgan fingerprint density at radius 2 is 1.47 bits per heavy atom. The number of hydrogen-bond acceptors (Lipinski definition) is 6. The van der Waals surface area contributed by atoms with Crippen molar-refractivity contribution in [3.8, 4) is 33.2 Å². The third-order valence-electron chi connectivity index (χ3n) is 4.93. The highest BCUT2D eigenvalue weighted by molar-refractivity contribution is 9.10. The first-order chi connectivity index (χ1) is 14.8. The number of rotatable bonds is 4. The van der Waals surface area contributed by atoms with Crippen molar-refractivity contribution in [1.82, 2.24) is 15.0 Å². The van der Waals surface area contributed by atoms with Gasteiger partial charge in [0.25, 0.3) is 0 Å². The fourth-order valence-corrected chi connectivity index (χ4v) is 5.41. The molecule has 5 heterocycles. The number of hydrogen-bond donors (Lipinski definition) is 0. The zero-order valence-corrected chi connectivity index (χ0v) is 18.6. The summed E-state index contributed by atoms with van der Waals surface area (Å²) in [5.41, 5.74) is 4.48. The standard InChI is InChI=1S/C23H19BrN4OS/c24-17-15-22(30-23(17)28-9-11-29-12-10-28)16-13-20(18-5-1-3-7-25-18)27-21(14-16)19-6-2-4-8-26-19/h1-8,13-15H,9-12H2. The Morgan fingerprint density at radius 1 is 0.833 bits per heavy atom. The van der Waals surface area contributed by atoms with Crippen molar-refractivity contribution in [2.24, 2.45) is 0 Å². The molecule has 4 aromatic rings. The Hall–Kier alpha value is -2.61. The van der Waals surface area contributed by atoms with Crippen LogP contribution in [0.3, 0.4) is 0 Å². The molecule has 0 saturated carbocycles. The van der Waals surface area contributed by atoms with Gasteiger partial charge in [-0.15, -0.1) is 11.3 Å². The Labute approximate surface area is 187 Å². The Kier molecular flexibility index (Phi) is 5.57. The zero-order chi connectivity index (χ0) is 20.3. The lowest BCUT2D eigenvalue weighted by Gasteiger charge is -2.27. The van der Waals surface area contributed by atoms with Gasteiger partial charge in [-0.3, -0.25) is 9.97 Å². The molecule has 0 N–H and O–H groups in total. The van der Waals surface area contributed by atoms with Crippen LogP contribution < -0.4 is 4.90 Å². The Bertz CT molecular complexity index is 1090. The molecule has 7 heteroatoms. The molecule has 0 radical (unpaired) electrons. The number of aromatic nitrogens is 3. The summed E-state index contributed by atoms with van der Waals surface area (Å²) in [6.07, 6.45) is 3.59. The first-order valence-electron chi connectivity index (χ1n) is 9.75. The van der Waals surface area contributed by atoms with E-state index in [9.17, 15) is 0 Å². The molecule has 0 unspecified atom stereocenters. The topological polar surface area (TPSA) is 51.1 Å². The molecule has 1 aliphatic heterocycles. The van der Waals surface area contributed by atoms with Crippen molar-refractivity contribution in [2.45, 2.75) is 0 Å². The summed E-state index contributed by atoms with van der Waals surface area (Å²) in [6.45, 7) is 3.35. The number of ether oxygens (including phenoxy) is 1. The molecule has 0 aliphatic carbocycles. The minimum Gasteiger partial charge on any atom is -0.378 e. The van der Waals surface area contributed by atoms with E-state index in [1.54, 1.807) is 23.7 Å². The lowest BCUT2D eigenvalue weighted by Crippen LogP contribution is -2.35. The van der Waals surface area contributed by atoms with E-state index in [2.05, 4.69) is 49.0 Å². The molecular formula is C23H19BrN4OS. The Balaban J connectivity index is 1.61. The molecule has 1 aliphatic rings. The predicted octanol–water partition coefficient (Wildman–Crippen LogP) is 5.53. The minimum atomic E-state index is 0.766.